The lowest BCUT2D eigenvalue weighted by Crippen LogP contribution is -2.25. The zero-order valence-corrected chi connectivity index (χ0v) is 17.2. The summed E-state index contributed by atoms with van der Waals surface area (Å²) in [6.45, 7) is 4.88. The molecule has 0 radical (unpaired) electrons. The molecule has 0 amide bonds. The fourth-order valence-electron chi connectivity index (χ4n) is 3.20. The topological polar surface area (TPSA) is 62.1 Å². The van der Waals surface area contributed by atoms with E-state index in [4.69, 9.17) is 14.5 Å². The number of allylic oxidation sites excluding steroid dienone is 1. The molecule has 4 aromatic rings. The monoisotopic (exact) mass is 422 g/mol. The molecule has 1 aliphatic heterocycles. The van der Waals surface area contributed by atoms with E-state index in [-0.39, 0.29) is 6.10 Å². The van der Waals surface area contributed by atoms with Crippen molar-refractivity contribution in [2.45, 2.75) is 23.6 Å². The predicted molar refractivity (Wildman–Crippen MR) is 115 cm³/mol. The molecule has 0 spiro atoms. The Morgan fingerprint density at radius 1 is 1.14 bits per heavy atom. The molecule has 146 valence electrons. The van der Waals surface area contributed by atoms with Crippen molar-refractivity contribution in [1.82, 2.24) is 19.7 Å². The first-order chi connectivity index (χ1) is 14.3. The highest BCUT2D eigenvalue weighted by atomic mass is 32.2. The summed E-state index contributed by atoms with van der Waals surface area (Å²) in [4.78, 5) is 4.70. The Bertz CT molecular complexity index is 1140. The van der Waals surface area contributed by atoms with Gasteiger partial charge >= 0.3 is 0 Å². The van der Waals surface area contributed by atoms with Crippen molar-refractivity contribution < 1.29 is 9.47 Å². The number of nitrogens with zero attached hydrogens (tertiary/aromatic N) is 4. The zero-order chi connectivity index (χ0) is 19.6. The SMILES string of the molecule is C=CCn1c(SCc2nc3ccccc3s2)nnc1[C@H]1COc2ccccc2O1. The van der Waals surface area contributed by atoms with Gasteiger partial charge in [0.15, 0.2) is 28.6 Å². The van der Waals surface area contributed by atoms with Crippen LogP contribution in [0.25, 0.3) is 10.2 Å². The highest BCUT2D eigenvalue weighted by Gasteiger charge is 2.28. The third-order valence-corrected chi connectivity index (χ3v) is 6.71. The summed E-state index contributed by atoms with van der Waals surface area (Å²) in [5.41, 5.74) is 1.03. The Labute approximate surface area is 176 Å². The van der Waals surface area contributed by atoms with E-state index in [0.717, 1.165) is 38.8 Å². The van der Waals surface area contributed by atoms with Crippen LogP contribution in [0.3, 0.4) is 0 Å². The molecule has 0 unspecified atom stereocenters. The fraction of sp³-hybridized carbons (Fsp3) is 0.190. The minimum Gasteiger partial charge on any atom is -0.485 e. The first-order valence-corrected chi connectivity index (χ1v) is 11.0. The molecule has 1 atom stereocenters. The highest BCUT2D eigenvalue weighted by Crippen LogP contribution is 2.36. The standard InChI is InChI=1S/C21H18N4O2S2/c1-2-11-25-20(17-12-26-15-8-4-5-9-16(15)27-17)23-24-21(25)28-13-19-22-14-7-3-6-10-18(14)29-19/h2-10,17H,1,11-13H2/t17-/m1/s1. The minimum atomic E-state index is -0.311. The van der Waals surface area contributed by atoms with Gasteiger partial charge in [-0.15, -0.1) is 28.1 Å². The van der Waals surface area contributed by atoms with E-state index in [1.807, 2.05) is 53.1 Å². The molecule has 0 N–H and O–H groups in total. The van der Waals surface area contributed by atoms with E-state index in [0.29, 0.717) is 13.2 Å². The number of hydrogen-bond acceptors (Lipinski definition) is 7. The number of thiazole rings is 1. The average Bonchev–Trinajstić information content (AvgIpc) is 3.36. The Balaban J connectivity index is 1.37. The second-order valence-corrected chi connectivity index (χ2v) is 8.53. The molecule has 0 aliphatic carbocycles. The highest BCUT2D eigenvalue weighted by molar-refractivity contribution is 7.98. The van der Waals surface area contributed by atoms with Crippen molar-refractivity contribution in [3.63, 3.8) is 0 Å². The van der Waals surface area contributed by atoms with E-state index in [2.05, 4.69) is 22.8 Å². The number of hydrogen-bond donors (Lipinski definition) is 0. The number of rotatable bonds is 6. The predicted octanol–water partition coefficient (Wildman–Crippen LogP) is 4.88. The number of para-hydroxylation sites is 3. The number of ether oxygens (including phenoxy) is 2. The maximum absolute atomic E-state index is 6.12. The van der Waals surface area contributed by atoms with Crippen LogP contribution < -0.4 is 9.47 Å². The van der Waals surface area contributed by atoms with Crippen molar-refractivity contribution in [3.8, 4) is 11.5 Å². The molecule has 0 saturated carbocycles. The van der Waals surface area contributed by atoms with Crippen LogP contribution in [0.2, 0.25) is 0 Å². The van der Waals surface area contributed by atoms with E-state index in [1.165, 1.54) is 4.70 Å². The molecular weight excluding hydrogens is 404 g/mol. The molecule has 0 bridgehead atoms. The van der Waals surface area contributed by atoms with Crippen molar-refractivity contribution in [2.24, 2.45) is 0 Å². The van der Waals surface area contributed by atoms with Gasteiger partial charge in [-0.3, -0.25) is 4.57 Å². The number of thioether (sulfide) groups is 1. The lowest BCUT2D eigenvalue weighted by Gasteiger charge is -2.26. The fourth-order valence-corrected chi connectivity index (χ4v) is 5.12. The Hall–Kier alpha value is -2.84. The number of fused-ring (bicyclic) bond motifs is 2. The van der Waals surface area contributed by atoms with Gasteiger partial charge in [-0.05, 0) is 24.3 Å². The lowest BCUT2D eigenvalue weighted by atomic mass is 10.2. The number of benzene rings is 2. The van der Waals surface area contributed by atoms with Crippen molar-refractivity contribution in [2.75, 3.05) is 6.61 Å². The summed E-state index contributed by atoms with van der Waals surface area (Å²) in [5.74, 6) is 2.95. The van der Waals surface area contributed by atoms with E-state index >= 15 is 0 Å². The third kappa shape index (κ3) is 3.61. The van der Waals surface area contributed by atoms with Crippen LogP contribution in [-0.2, 0) is 12.3 Å². The van der Waals surface area contributed by atoms with E-state index < -0.39 is 0 Å². The maximum atomic E-state index is 6.12. The van der Waals surface area contributed by atoms with Gasteiger partial charge < -0.3 is 9.47 Å². The summed E-state index contributed by atoms with van der Waals surface area (Å²) in [6.07, 6.45) is 1.53. The molecule has 0 saturated heterocycles. The molecule has 2 aromatic heterocycles. The quantitative estimate of drug-likeness (QED) is 0.326. The molecule has 6 nitrogen and oxygen atoms in total. The second kappa shape index (κ2) is 7.88. The van der Waals surface area contributed by atoms with Gasteiger partial charge in [0.25, 0.3) is 0 Å². The Morgan fingerprint density at radius 2 is 1.97 bits per heavy atom. The summed E-state index contributed by atoms with van der Waals surface area (Å²) in [6, 6.07) is 15.8. The molecule has 29 heavy (non-hydrogen) atoms. The maximum Gasteiger partial charge on any atom is 0.192 e. The number of aromatic nitrogens is 4. The van der Waals surface area contributed by atoms with Crippen LogP contribution >= 0.6 is 23.1 Å². The molecule has 5 rings (SSSR count). The van der Waals surface area contributed by atoms with Gasteiger partial charge in [-0.25, -0.2) is 4.98 Å². The summed E-state index contributed by atoms with van der Waals surface area (Å²) >= 11 is 3.33. The van der Waals surface area contributed by atoms with Gasteiger partial charge in [0, 0.05) is 6.54 Å². The summed E-state index contributed by atoms with van der Waals surface area (Å²) < 4.78 is 15.2. The minimum absolute atomic E-state index is 0.311. The molecule has 1 aliphatic rings. The van der Waals surface area contributed by atoms with Crippen LogP contribution in [0.4, 0.5) is 0 Å². The van der Waals surface area contributed by atoms with Crippen molar-refractivity contribution >= 4 is 33.3 Å². The van der Waals surface area contributed by atoms with Crippen LogP contribution in [0.15, 0.2) is 66.3 Å². The zero-order valence-electron chi connectivity index (χ0n) is 15.5. The second-order valence-electron chi connectivity index (χ2n) is 6.47. The van der Waals surface area contributed by atoms with Crippen LogP contribution in [0.1, 0.15) is 16.9 Å². The van der Waals surface area contributed by atoms with Gasteiger partial charge in [0.2, 0.25) is 0 Å². The Morgan fingerprint density at radius 3 is 2.83 bits per heavy atom. The molecule has 0 fully saturated rings. The molecule has 3 heterocycles. The van der Waals surface area contributed by atoms with Crippen LogP contribution in [-0.4, -0.2) is 26.4 Å². The largest absolute Gasteiger partial charge is 0.485 e. The summed E-state index contributed by atoms with van der Waals surface area (Å²) in [7, 11) is 0. The molecule has 8 heteroatoms. The van der Waals surface area contributed by atoms with E-state index in [9.17, 15) is 0 Å². The first-order valence-electron chi connectivity index (χ1n) is 9.21. The van der Waals surface area contributed by atoms with Crippen LogP contribution in [0.5, 0.6) is 11.5 Å². The van der Waals surface area contributed by atoms with Gasteiger partial charge in [-0.1, -0.05) is 42.1 Å². The van der Waals surface area contributed by atoms with Gasteiger partial charge in [0.05, 0.1) is 16.0 Å². The Kier molecular flexibility index (Phi) is 4.95. The van der Waals surface area contributed by atoms with Crippen molar-refractivity contribution in [3.05, 3.63) is 72.0 Å². The average molecular weight is 423 g/mol. The van der Waals surface area contributed by atoms with Crippen molar-refractivity contribution in [1.29, 1.82) is 0 Å². The normalized spacial score (nSPS) is 15.5. The van der Waals surface area contributed by atoms with Gasteiger partial charge in [-0.2, -0.15) is 0 Å². The smallest absolute Gasteiger partial charge is 0.192 e. The van der Waals surface area contributed by atoms with E-state index in [1.54, 1.807) is 23.1 Å². The molecular formula is C21H18N4O2S2. The molecule has 2 aromatic carbocycles. The third-order valence-electron chi connectivity index (χ3n) is 4.52. The van der Waals surface area contributed by atoms with Gasteiger partial charge in [0.1, 0.15) is 11.6 Å². The van der Waals surface area contributed by atoms with Crippen LogP contribution in [0, 0.1) is 0 Å². The lowest BCUT2D eigenvalue weighted by molar-refractivity contribution is 0.0821. The first kappa shape index (κ1) is 18.2. The summed E-state index contributed by atoms with van der Waals surface area (Å²) in [5, 5.41) is 10.7.